The highest BCUT2D eigenvalue weighted by Crippen LogP contribution is 2.26. The van der Waals surface area contributed by atoms with Gasteiger partial charge in [0.05, 0.1) is 17.3 Å². The molecule has 0 aromatic heterocycles. The van der Waals surface area contributed by atoms with Gasteiger partial charge in [0, 0.05) is 21.7 Å². The molecule has 0 unspecified atom stereocenters. The van der Waals surface area contributed by atoms with Gasteiger partial charge in [-0.05, 0) is 72.8 Å². The molecule has 39 heavy (non-hydrogen) atoms. The molecule has 0 radical (unpaired) electrons. The molecule has 0 saturated carbocycles. The number of hydrogen-bond acceptors (Lipinski definition) is 7. The molecule has 0 heterocycles. The van der Waals surface area contributed by atoms with Crippen molar-refractivity contribution in [2.24, 2.45) is 5.10 Å². The number of nitrogens with zero attached hydrogens (tertiary/aromatic N) is 1. The molecule has 0 aliphatic carbocycles. The maximum atomic E-state index is 12.8. The summed E-state index contributed by atoms with van der Waals surface area (Å²) in [6.45, 7) is -0.251. The summed E-state index contributed by atoms with van der Waals surface area (Å²) in [6.07, 6.45) is 1.29. The van der Waals surface area contributed by atoms with Gasteiger partial charge in [0.15, 0.2) is 6.61 Å². The lowest BCUT2D eigenvalue weighted by molar-refractivity contribution is -0.123. The fourth-order valence-corrected chi connectivity index (χ4v) is 3.39. The summed E-state index contributed by atoms with van der Waals surface area (Å²) in [4.78, 5) is 37.4. The van der Waals surface area contributed by atoms with Crippen molar-refractivity contribution < 1.29 is 28.6 Å². The third kappa shape index (κ3) is 8.16. The van der Waals surface area contributed by atoms with Crippen LogP contribution in [0.5, 0.6) is 17.2 Å². The van der Waals surface area contributed by atoms with Crippen LogP contribution in [0.25, 0.3) is 0 Å². The molecule has 196 valence electrons. The van der Waals surface area contributed by atoms with Crippen LogP contribution in [0.4, 0.5) is 0 Å². The van der Waals surface area contributed by atoms with Crippen LogP contribution in [0.15, 0.2) is 102 Å². The molecule has 1 amide bonds. The summed E-state index contributed by atoms with van der Waals surface area (Å²) in [5.74, 6) is -1.11. The second-order valence-corrected chi connectivity index (χ2v) is 8.76. The van der Waals surface area contributed by atoms with Crippen molar-refractivity contribution in [2.45, 2.75) is 0 Å². The Morgan fingerprint density at radius 3 is 1.92 bits per heavy atom. The maximum absolute atomic E-state index is 12.8. The molecular formula is C29H20Cl2N2O6. The number of hydrazone groups is 1. The van der Waals surface area contributed by atoms with Crippen LogP contribution in [0.1, 0.15) is 26.3 Å². The lowest BCUT2D eigenvalue weighted by Crippen LogP contribution is -2.24. The Bertz CT molecular complexity index is 1490. The molecule has 4 rings (SSSR count). The molecule has 0 spiro atoms. The van der Waals surface area contributed by atoms with Gasteiger partial charge in [-0.25, -0.2) is 15.0 Å². The Morgan fingerprint density at radius 1 is 0.718 bits per heavy atom. The standard InChI is InChI=1S/C29H20Cl2N2O6/c30-22-11-6-19(7-12-22)28(35)38-25-15-10-21(17-32-33-27(34)18-37-24-4-2-1-3-5-24)26(16-25)39-29(36)20-8-13-23(31)14-9-20/h1-17H,18H2,(H,33,34)/b32-17-. The minimum absolute atomic E-state index is 0.0369. The van der Waals surface area contributed by atoms with E-state index in [0.717, 1.165) is 0 Å². The zero-order chi connectivity index (χ0) is 27.6. The largest absolute Gasteiger partial charge is 0.484 e. The van der Waals surface area contributed by atoms with Gasteiger partial charge in [-0.2, -0.15) is 5.10 Å². The predicted octanol–water partition coefficient (Wildman–Crippen LogP) is 5.96. The highest BCUT2D eigenvalue weighted by molar-refractivity contribution is 6.31. The Labute approximate surface area is 233 Å². The number of para-hydroxylation sites is 1. The van der Waals surface area contributed by atoms with Gasteiger partial charge < -0.3 is 14.2 Å². The maximum Gasteiger partial charge on any atom is 0.343 e. The van der Waals surface area contributed by atoms with Crippen LogP contribution in [0, 0.1) is 0 Å². The van der Waals surface area contributed by atoms with Crippen LogP contribution in [0.3, 0.4) is 0 Å². The molecule has 4 aromatic carbocycles. The molecule has 1 N–H and O–H groups in total. The third-order valence-electron chi connectivity index (χ3n) is 5.06. The second kappa shape index (κ2) is 13.2. The lowest BCUT2D eigenvalue weighted by Gasteiger charge is -2.11. The van der Waals surface area contributed by atoms with Crippen molar-refractivity contribution in [3.05, 3.63) is 124 Å². The molecule has 8 nitrogen and oxygen atoms in total. The van der Waals surface area contributed by atoms with Crippen LogP contribution in [-0.2, 0) is 4.79 Å². The molecule has 0 saturated heterocycles. The fourth-order valence-electron chi connectivity index (χ4n) is 3.14. The van der Waals surface area contributed by atoms with Crippen molar-refractivity contribution in [3.63, 3.8) is 0 Å². The number of hydrogen-bond donors (Lipinski definition) is 1. The number of benzene rings is 4. The van der Waals surface area contributed by atoms with E-state index in [1.54, 1.807) is 48.5 Å². The van der Waals surface area contributed by atoms with Gasteiger partial charge in [0.2, 0.25) is 0 Å². The number of nitrogens with one attached hydrogen (secondary N) is 1. The summed E-state index contributed by atoms with van der Waals surface area (Å²) in [5, 5.41) is 4.86. The Balaban J connectivity index is 1.49. The summed E-state index contributed by atoms with van der Waals surface area (Å²) in [6, 6.07) is 25.5. The molecule has 0 aliphatic rings. The Morgan fingerprint density at radius 2 is 1.31 bits per heavy atom. The number of ether oxygens (including phenoxy) is 3. The van der Waals surface area contributed by atoms with Crippen LogP contribution >= 0.6 is 23.2 Å². The zero-order valence-electron chi connectivity index (χ0n) is 20.2. The second-order valence-electron chi connectivity index (χ2n) is 7.89. The molecule has 0 bridgehead atoms. The molecule has 0 atom stereocenters. The van der Waals surface area contributed by atoms with Crippen molar-refractivity contribution in [2.75, 3.05) is 6.61 Å². The van der Waals surface area contributed by atoms with E-state index < -0.39 is 17.8 Å². The Kier molecular flexibility index (Phi) is 9.29. The van der Waals surface area contributed by atoms with E-state index in [0.29, 0.717) is 21.4 Å². The van der Waals surface area contributed by atoms with E-state index in [1.165, 1.54) is 48.7 Å². The fraction of sp³-hybridized carbons (Fsp3) is 0.0345. The zero-order valence-corrected chi connectivity index (χ0v) is 21.7. The number of amides is 1. The molecule has 0 fully saturated rings. The SMILES string of the molecule is O=C(COc1ccccc1)N/N=C\c1ccc(OC(=O)c2ccc(Cl)cc2)cc1OC(=O)c1ccc(Cl)cc1. The van der Waals surface area contributed by atoms with E-state index >= 15 is 0 Å². The van der Waals surface area contributed by atoms with E-state index in [1.807, 2.05) is 6.07 Å². The Hall–Kier alpha value is -4.66. The highest BCUT2D eigenvalue weighted by atomic mass is 35.5. The van der Waals surface area contributed by atoms with E-state index in [2.05, 4.69) is 10.5 Å². The number of rotatable bonds is 9. The minimum atomic E-state index is -0.678. The summed E-state index contributed by atoms with van der Waals surface area (Å²) >= 11 is 11.8. The molecular weight excluding hydrogens is 543 g/mol. The van der Waals surface area contributed by atoms with Gasteiger partial charge in [0.25, 0.3) is 5.91 Å². The van der Waals surface area contributed by atoms with E-state index in [4.69, 9.17) is 37.4 Å². The molecule has 4 aromatic rings. The number of esters is 2. The number of carbonyl (C=O) groups is 3. The normalized spacial score (nSPS) is 10.6. The third-order valence-corrected chi connectivity index (χ3v) is 5.57. The van der Waals surface area contributed by atoms with Gasteiger partial charge in [-0.1, -0.05) is 41.4 Å². The average molecular weight is 563 g/mol. The van der Waals surface area contributed by atoms with Gasteiger partial charge >= 0.3 is 11.9 Å². The minimum Gasteiger partial charge on any atom is -0.484 e. The first-order chi connectivity index (χ1) is 18.9. The first-order valence-electron chi connectivity index (χ1n) is 11.5. The van der Waals surface area contributed by atoms with E-state index in [9.17, 15) is 14.4 Å². The molecule has 10 heteroatoms. The van der Waals surface area contributed by atoms with Crippen LogP contribution in [-0.4, -0.2) is 30.7 Å². The van der Waals surface area contributed by atoms with E-state index in [-0.39, 0.29) is 29.2 Å². The topological polar surface area (TPSA) is 103 Å². The number of carbonyl (C=O) groups excluding carboxylic acids is 3. The van der Waals surface area contributed by atoms with Crippen LogP contribution < -0.4 is 19.6 Å². The summed E-state index contributed by atoms with van der Waals surface area (Å²) in [7, 11) is 0. The van der Waals surface area contributed by atoms with Crippen molar-refractivity contribution >= 4 is 47.3 Å². The van der Waals surface area contributed by atoms with Crippen LogP contribution in [0.2, 0.25) is 10.0 Å². The monoisotopic (exact) mass is 562 g/mol. The first kappa shape index (κ1) is 27.4. The number of halogens is 2. The van der Waals surface area contributed by atoms with Gasteiger partial charge in [-0.3, -0.25) is 4.79 Å². The van der Waals surface area contributed by atoms with Crippen molar-refractivity contribution in [1.29, 1.82) is 0 Å². The quantitative estimate of drug-likeness (QED) is 0.117. The summed E-state index contributed by atoms with van der Waals surface area (Å²) in [5.41, 5.74) is 3.20. The smallest absolute Gasteiger partial charge is 0.343 e. The van der Waals surface area contributed by atoms with Crippen molar-refractivity contribution in [1.82, 2.24) is 5.43 Å². The summed E-state index contributed by atoms with van der Waals surface area (Å²) < 4.78 is 16.4. The van der Waals surface area contributed by atoms with Gasteiger partial charge in [-0.15, -0.1) is 0 Å². The first-order valence-corrected chi connectivity index (χ1v) is 12.2. The lowest BCUT2D eigenvalue weighted by atomic mass is 10.2. The predicted molar refractivity (Wildman–Crippen MR) is 147 cm³/mol. The van der Waals surface area contributed by atoms with Crippen molar-refractivity contribution in [3.8, 4) is 17.2 Å². The molecule has 0 aliphatic heterocycles. The average Bonchev–Trinajstić information content (AvgIpc) is 2.94. The highest BCUT2D eigenvalue weighted by Gasteiger charge is 2.15. The van der Waals surface area contributed by atoms with Gasteiger partial charge in [0.1, 0.15) is 17.2 Å².